The van der Waals surface area contributed by atoms with Crippen molar-refractivity contribution in [2.45, 2.75) is 25.0 Å². The quantitative estimate of drug-likeness (QED) is 0.745. The van der Waals surface area contributed by atoms with Crippen LogP contribution < -0.4 is 5.73 Å². The van der Waals surface area contributed by atoms with Crippen molar-refractivity contribution in [3.05, 3.63) is 11.9 Å². The number of hydrogen-bond acceptors (Lipinski definition) is 4. The molecule has 3 heterocycles. The first-order valence-corrected chi connectivity index (χ1v) is 5.87. The lowest BCUT2D eigenvalue weighted by atomic mass is 10.2. The Morgan fingerprint density at radius 1 is 1.47 bits per heavy atom. The average Bonchev–Trinajstić information content (AvgIpc) is 2.81. The van der Waals surface area contributed by atoms with Crippen molar-refractivity contribution in [2.75, 3.05) is 18.8 Å². The number of hydrogen-bond donors (Lipinski definition) is 1. The van der Waals surface area contributed by atoms with Gasteiger partial charge in [-0.05, 0) is 12.8 Å². The first kappa shape index (κ1) is 10.6. The van der Waals surface area contributed by atoms with E-state index >= 15 is 0 Å². The molecular weight excluding hydrogens is 220 g/mol. The molecule has 2 unspecified atom stereocenters. The van der Waals surface area contributed by atoms with Crippen LogP contribution in [-0.4, -0.2) is 45.9 Å². The van der Waals surface area contributed by atoms with Gasteiger partial charge in [-0.2, -0.15) is 5.10 Å². The van der Waals surface area contributed by atoms with Gasteiger partial charge in [-0.25, -0.2) is 0 Å². The molecular formula is C11H16N4O2. The molecule has 2 aliphatic heterocycles. The zero-order valence-corrected chi connectivity index (χ0v) is 9.80. The van der Waals surface area contributed by atoms with Crippen LogP contribution in [0.3, 0.4) is 0 Å². The molecule has 0 saturated carbocycles. The SMILES string of the molecule is Cn1ncc(N)c1C(=O)N1CC2CCC(C1)O2. The Bertz CT molecular complexity index is 425. The van der Waals surface area contributed by atoms with Crippen molar-refractivity contribution in [3.63, 3.8) is 0 Å². The Morgan fingerprint density at radius 3 is 2.65 bits per heavy atom. The summed E-state index contributed by atoms with van der Waals surface area (Å²) >= 11 is 0. The molecule has 0 aromatic carbocycles. The van der Waals surface area contributed by atoms with Gasteiger partial charge in [-0.1, -0.05) is 0 Å². The van der Waals surface area contributed by atoms with Crippen LogP contribution in [0.1, 0.15) is 23.3 Å². The summed E-state index contributed by atoms with van der Waals surface area (Å²) in [4.78, 5) is 14.2. The van der Waals surface area contributed by atoms with E-state index in [1.807, 2.05) is 4.90 Å². The number of carbonyl (C=O) groups excluding carboxylic acids is 1. The number of morpholine rings is 1. The number of likely N-dealkylation sites (tertiary alicyclic amines) is 1. The molecule has 92 valence electrons. The Balaban J connectivity index is 1.83. The molecule has 0 aliphatic carbocycles. The van der Waals surface area contributed by atoms with E-state index in [0.717, 1.165) is 12.8 Å². The summed E-state index contributed by atoms with van der Waals surface area (Å²) in [6, 6.07) is 0. The molecule has 1 amide bonds. The summed E-state index contributed by atoms with van der Waals surface area (Å²) in [7, 11) is 1.73. The summed E-state index contributed by atoms with van der Waals surface area (Å²) in [6.07, 6.45) is 4.02. The molecule has 3 rings (SSSR count). The van der Waals surface area contributed by atoms with Gasteiger partial charge >= 0.3 is 0 Å². The van der Waals surface area contributed by atoms with Crippen LogP contribution in [-0.2, 0) is 11.8 Å². The van der Waals surface area contributed by atoms with Gasteiger partial charge in [0.1, 0.15) is 5.69 Å². The number of amides is 1. The highest BCUT2D eigenvalue weighted by molar-refractivity contribution is 5.97. The Morgan fingerprint density at radius 2 is 2.12 bits per heavy atom. The fraction of sp³-hybridized carbons (Fsp3) is 0.636. The molecule has 2 saturated heterocycles. The molecule has 2 fully saturated rings. The maximum absolute atomic E-state index is 12.4. The predicted molar refractivity (Wildman–Crippen MR) is 61.4 cm³/mol. The molecule has 2 aliphatic rings. The zero-order valence-electron chi connectivity index (χ0n) is 9.80. The van der Waals surface area contributed by atoms with Crippen molar-refractivity contribution < 1.29 is 9.53 Å². The molecule has 0 radical (unpaired) electrons. The second-order valence-electron chi connectivity index (χ2n) is 4.74. The summed E-state index contributed by atoms with van der Waals surface area (Å²) < 4.78 is 7.24. The van der Waals surface area contributed by atoms with Crippen LogP contribution in [0, 0.1) is 0 Å². The summed E-state index contributed by atoms with van der Waals surface area (Å²) in [5, 5.41) is 4.00. The van der Waals surface area contributed by atoms with Crippen LogP contribution >= 0.6 is 0 Å². The molecule has 6 nitrogen and oxygen atoms in total. The number of nitrogens with two attached hydrogens (primary N) is 1. The molecule has 1 aromatic rings. The number of carbonyl (C=O) groups is 1. The molecule has 17 heavy (non-hydrogen) atoms. The fourth-order valence-electron chi connectivity index (χ4n) is 2.65. The highest BCUT2D eigenvalue weighted by atomic mass is 16.5. The van der Waals surface area contributed by atoms with Gasteiger partial charge in [0.2, 0.25) is 0 Å². The minimum Gasteiger partial charge on any atom is -0.396 e. The maximum atomic E-state index is 12.4. The fourth-order valence-corrected chi connectivity index (χ4v) is 2.65. The topological polar surface area (TPSA) is 73.4 Å². The van der Waals surface area contributed by atoms with Crippen LogP contribution in [0.15, 0.2) is 6.20 Å². The molecule has 0 spiro atoms. The van der Waals surface area contributed by atoms with Gasteiger partial charge in [0.05, 0.1) is 24.1 Å². The minimum atomic E-state index is -0.0392. The van der Waals surface area contributed by atoms with E-state index in [1.54, 1.807) is 7.05 Å². The lowest BCUT2D eigenvalue weighted by molar-refractivity contribution is -0.0306. The van der Waals surface area contributed by atoms with Crippen LogP contribution in [0.5, 0.6) is 0 Å². The number of aromatic nitrogens is 2. The Hall–Kier alpha value is -1.56. The largest absolute Gasteiger partial charge is 0.396 e. The van der Waals surface area contributed by atoms with E-state index in [-0.39, 0.29) is 18.1 Å². The summed E-state index contributed by atoms with van der Waals surface area (Å²) in [5.41, 5.74) is 6.69. The highest BCUT2D eigenvalue weighted by Gasteiger charge is 2.37. The van der Waals surface area contributed by atoms with E-state index < -0.39 is 0 Å². The Kier molecular flexibility index (Phi) is 2.32. The smallest absolute Gasteiger partial charge is 0.274 e. The standard InChI is InChI=1S/C11H16N4O2/c1-14-10(9(12)4-13-14)11(16)15-5-7-2-3-8(6-15)17-7/h4,7-8H,2-3,5-6,12H2,1H3. The number of aryl methyl sites for hydroxylation is 1. The number of ether oxygens (including phenoxy) is 1. The van der Waals surface area contributed by atoms with Crippen molar-refractivity contribution in [2.24, 2.45) is 7.05 Å². The number of nitrogen functional groups attached to an aromatic ring is 1. The number of anilines is 1. The number of fused-ring (bicyclic) bond motifs is 2. The van der Waals surface area contributed by atoms with Gasteiger partial charge in [-0.15, -0.1) is 0 Å². The maximum Gasteiger partial charge on any atom is 0.274 e. The van der Waals surface area contributed by atoms with Crippen molar-refractivity contribution in [1.82, 2.24) is 14.7 Å². The van der Waals surface area contributed by atoms with E-state index in [4.69, 9.17) is 10.5 Å². The molecule has 1 aromatic heterocycles. The van der Waals surface area contributed by atoms with Gasteiger partial charge < -0.3 is 15.4 Å². The van der Waals surface area contributed by atoms with Crippen molar-refractivity contribution in [1.29, 1.82) is 0 Å². The third kappa shape index (κ3) is 1.68. The van der Waals surface area contributed by atoms with E-state index in [0.29, 0.717) is 24.5 Å². The molecule has 2 bridgehead atoms. The first-order chi connectivity index (χ1) is 8.15. The van der Waals surface area contributed by atoms with Crippen LogP contribution in [0.4, 0.5) is 5.69 Å². The molecule has 6 heteroatoms. The summed E-state index contributed by atoms with van der Waals surface area (Å²) in [6.45, 7) is 1.33. The van der Waals surface area contributed by atoms with E-state index in [9.17, 15) is 4.79 Å². The zero-order chi connectivity index (χ0) is 12.0. The normalized spacial score (nSPS) is 27.5. The van der Waals surface area contributed by atoms with Gasteiger partial charge in [0.25, 0.3) is 5.91 Å². The highest BCUT2D eigenvalue weighted by Crippen LogP contribution is 2.27. The second kappa shape index (κ2) is 3.73. The van der Waals surface area contributed by atoms with E-state index in [2.05, 4.69) is 5.10 Å². The minimum absolute atomic E-state index is 0.0392. The Labute approximate surface area is 99.3 Å². The predicted octanol–water partition coefficient (Wildman–Crippen LogP) is 0.00570. The third-order valence-electron chi connectivity index (χ3n) is 3.50. The molecule has 2 N–H and O–H groups in total. The van der Waals surface area contributed by atoms with Crippen LogP contribution in [0.2, 0.25) is 0 Å². The molecule has 2 atom stereocenters. The van der Waals surface area contributed by atoms with E-state index in [1.165, 1.54) is 10.9 Å². The van der Waals surface area contributed by atoms with Crippen molar-refractivity contribution >= 4 is 11.6 Å². The van der Waals surface area contributed by atoms with Gasteiger partial charge in [0, 0.05) is 20.1 Å². The first-order valence-electron chi connectivity index (χ1n) is 5.87. The number of nitrogens with zero attached hydrogens (tertiary/aromatic N) is 3. The van der Waals surface area contributed by atoms with Crippen LogP contribution in [0.25, 0.3) is 0 Å². The third-order valence-corrected chi connectivity index (χ3v) is 3.50. The average molecular weight is 236 g/mol. The van der Waals surface area contributed by atoms with Gasteiger partial charge in [0.15, 0.2) is 0 Å². The van der Waals surface area contributed by atoms with Crippen molar-refractivity contribution in [3.8, 4) is 0 Å². The second-order valence-corrected chi connectivity index (χ2v) is 4.74. The number of rotatable bonds is 1. The lowest BCUT2D eigenvalue weighted by Crippen LogP contribution is -2.46. The monoisotopic (exact) mass is 236 g/mol. The summed E-state index contributed by atoms with van der Waals surface area (Å²) in [5.74, 6) is -0.0392. The van der Waals surface area contributed by atoms with Gasteiger partial charge in [-0.3, -0.25) is 9.48 Å². The lowest BCUT2D eigenvalue weighted by Gasteiger charge is -2.32.